The Kier molecular flexibility index (Phi) is 3.07. The van der Waals surface area contributed by atoms with E-state index in [4.69, 9.17) is 0 Å². The molecule has 0 aliphatic rings. The van der Waals surface area contributed by atoms with Gasteiger partial charge in [0.2, 0.25) is 0 Å². The molecular weight excluding hydrogens is 162 g/mol. The van der Waals surface area contributed by atoms with Gasteiger partial charge in [0.15, 0.2) is 0 Å². The molecule has 0 atom stereocenters. The van der Waals surface area contributed by atoms with Crippen molar-refractivity contribution in [2.45, 2.75) is 20.8 Å². The topological polar surface area (TPSA) is 22.0 Å². The van der Waals surface area contributed by atoms with Crippen molar-refractivity contribution < 1.29 is 4.79 Å². The lowest BCUT2D eigenvalue weighted by atomic mass is 10.1. The summed E-state index contributed by atoms with van der Waals surface area (Å²) in [6, 6.07) is 3.69. The van der Waals surface area contributed by atoms with Crippen LogP contribution in [0.1, 0.15) is 25.6 Å². The summed E-state index contributed by atoms with van der Waals surface area (Å²) < 4.78 is 1.58. The molecule has 2 nitrogen and oxygen atoms in total. The van der Waals surface area contributed by atoms with Crippen molar-refractivity contribution in [3.05, 3.63) is 36.2 Å². The van der Waals surface area contributed by atoms with Crippen LogP contribution in [-0.2, 0) is 0 Å². The average molecular weight is 177 g/mol. The van der Waals surface area contributed by atoms with Crippen LogP contribution >= 0.6 is 0 Å². The fourth-order valence-corrected chi connectivity index (χ4v) is 0.917. The lowest BCUT2D eigenvalue weighted by Gasteiger charge is -2.04. The summed E-state index contributed by atoms with van der Waals surface area (Å²) >= 11 is 0. The Morgan fingerprint density at radius 2 is 1.85 bits per heavy atom. The fourth-order valence-electron chi connectivity index (χ4n) is 0.917. The van der Waals surface area contributed by atoms with Gasteiger partial charge in [0.25, 0.3) is 5.91 Å². The highest BCUT2D eigenvalue weighted by molar-refractivity contribution is 5.90. The molecule has 2 heteroatoms. The van der Waals surface area contributed by atoms with Crippen molar-refractivity contribution in [2.24, 2.45) is 5.92 Å². The van der Waals surface area contributed by atoms with Crippen LogP contribution in [0.5, 0.6) is 0 Å². The van der Waals surface area contributed by atoms with Gasteiger partial charge in [-0.2, -0.15) is 0 Å². The highest BCUT2D eigenvalue weighted by atomic mass is 16.1. The van der Waals surface area contributed by atoms with Gasteiger partial charge in [-0.25, -0.2) is 0 Å². The Balaban J connectivity index is 2.76. The standard InChI is InChI=1S/C11H15NO/c1-9(2)10(3)8-11(13)12-6-4-5-7-12/h4-9H,1-3H3/b10-8-. The molecule has 0 amide bonds. The van der Waals surface area contributed by atoms with E-state index in [0.717, 1.165) is 5.57 Å². The van der Waals surface area contributed by atoms with Crippen molar-refractivity contribution in [1.29, 1.82) is 0 Å². The number of hydrogen-bond donors (Lipinski definition) is 0. The molecule has 0 saturated carbocycles. The zero-order chi connectivity index (χ0) is 9.84. The molecule has 0 bridgehead atoms. The maximum absolute atomic E-state index is 11.5. The second-order valence-corrected chi connectivity index (χ2v) is 3.47. The second-order valence-electron chi connectivity index (χ2n) is 3.47. The summed E-state index contributed by atoms with van der Waals surface area (Å²) in [6.07, 6.45) is 5.20. The largest absolute Gasteiger partial charge is 0.291 e. The lowest BCUT2D eigenvalue weighted by Crippen LogP contribution is -2.06. The van der Waals surface area contributed by atoms with Crippen LogP contribution < -0.4 is 0 Å². The zero-order valence-corrected chi connectivity index (χ0v) is 8.32. The van der Waals surface area contributed by atoms with Crippen molar-refractivity contribution in [3.63, 3.8) is 0 Å². The minimum Gasteiger partial charge on any atom is -0.291 e. The SMILES string of the molecule is C/C(=C/C(=O)n1cccc1)C(C)C. The molecule has 1 heterocycles. The third-order valence-electron chi connectivity index (χ3n) is 2.12. The normalized spacial score (nSPS) is 12.2. The van der Waals surface area contributed by atoms with Gasteiger partial charge in [-0.1, -0.05) is 19.4 Å². The Morgan fingerprint density at radius 1 is 1.31 bits per heavy atom. The minimum absolute atomic E-state index is 0.0243. The second kappa shape index (κ2) is 4.08. The fraction of sp³-hybridized carbons (Fsp3) is 0.364. The van der Waals surface area contributed by atoms with E-state index >= 15 is 0 Å². The molecule has 1 rings (SSSR count). The third-order valence-corrected chi connectivity index (χ3v) is 2.12. The van der Waals surface area contributed by atoms with Gasteiger partial charge in [-0.15, -0.1) is 0 Å². The van der Waals surface area contributed by atoms with Gasteiger partial charge in [0, 0.05) is 18.5 Å². The lowest BCUT2D eigenvalue weighted by molar-refractivity contribution is 0.0968. The van der Waals surface area contributed by atoms with Gasteiger partial charge in [0.05, 0.1) is 0 Å². The molecule has 1 aromatic heterocycles. The van der Waals surface area contributed by atoms with Gasteiger partial charge in [-0.05, 0) is 25.0 Å². The first-order valence-corrected chi connectivity index (χ1v) is 4.46. The van der Waals surface area contributed by atoms with Crippen molar-refractivity contribution >= 4 is 5.91 Å². The maximum atomic E-state index is 11.5. The first-order chi connectivity index (χ1) is 6.11. The average Bonchev–Trinajstić information content (AvgIpc) is 2.55. The Bertz CT molecular complexity index is 307. The maximum Gasteiger partial charge on any atom is 0.254 e. The van der Waals surface area contributed by atoms with E-state index in [1.807, 2.05) is 19.1 Å². The Morgan fingerprint density at radius 3 is 2.31 bits per heavy atom. The van der Waals surface area contributed by atoms with E-state index in [2.05, 4.69) is 13.8 Å². The van der Waals surface area contributed by atoms with E-state index in [1.165, 1.54) is 0 Å². The van der Waals surface area contributed by atoms with Crippen LogP contribution in [0.15, 0.2) is 36.2 Å². The van der Waals surface area contributed by atoms with E-state index in [9.17, 15) is 4.79 Å². The number of carbonyl (C=O) groups is 1. The number of nitrogens with zero attached hydrogens (tertiary/aromatic N) is 1. The van der Waals surface area contributed by atoms with Crippen LogP contribution in [0.4, 0.5) is 0 Å². The van der Waals surface area contributed by atoms with Gasteiger partial charge >= 0.3 is 0 Å². The number of rotatable bonds is 2. The minimum atomic E-state index is 0.0243. The van der Waals surface area contributed by atoms with Crippen molar-refractivity contribution in [2.75, 3.05) is 0 Å². The zero-order valence-electron chi connectivity index (χ0n) is 8.32. The highest BCUT2D eigenvalue weighted by Crippen LogP contribution is 2.08. The van der Waals surface area contributed by atoms with Gasteiger partial charge in [-0.3, -0.25) is 9.36 Å². The Labute approximate surface area is 78.9 Å². The summed E-state index contributed by atoms with van der Waals surface area (Å²) in [7, 11) is 0. The predicted octanol–water partition coefficient (Wildman–Crippen LogP) is 2.73. The van der Waals surface area contributed by atoms with Gasteiger partial charge < -0.3 is 0 Å². The van der Waals surface area contributed by atoms with E-state index in [-0.39, 0.29) is 5.91 Å². The molecule has 0 aliphatic heterocycles. The van der Waals surface area contributed by atoms with Crippen LogP contribution in [0.2, 0.25) is 0 Å². The third kappa shape index (κ3) is 2.58. The molecule has 0 N–H and O–H groups in total. The number of carbonyl (C=O) groups excluding carboxylic acids is 1. The number of hydrogen-bond acceptors (Lipinski definition) is 1. The highest BCUT2D eigenvalue weighted by Gasteiger charge is 2.02. The molecule has 0 radical (unpaired) electrons. The molecule has 0 saturated heterocycles. The molecular formula is C11H15NO. The first kappa shape index (κ1) is 9.78. The molecule has 0 unspecified atom stereocenters. The molecule has 70 valence electrons. The molecule has 0 spiro atoms. The molecule has 1 aromatic rings. The van der Waals surface area contributed by atoms with Crippen molar-refractivity contribution in [3.8, 4) is 0 Å². The van der Waals surface area contributed by atoms with Gasteiger partial charge in [0.1, 0.15) is 0 Å². The molecule has 13 heavy (non-hydrogen) atoms. The van der Waals surface area contributed by atoms with Crippen molar-refractivity contribution in [1.82, 2.24) is 4.57 Å². The predicted molar refractivity (Wildman–Crippen MR) is 53.7 cm³/mol. The molecule has 0 aromatic carbocycles. The summed E-state index contributed by atoms with van der Waals surface area (Å²) in [4.78, 5) is 11.5. The summed E-state index contributed by atoms with van der Waals surface area (Å²) in [5.41, 5.74) is 1.11. The van der Waals surface area contributed by atoms with Crippen LogP contribution in [0.3, 0.4) is 0 Å². The monoisotopic (exact) mass is 177 g/mol. The van der Waals surface area contributed by atoms with Crippen LogP contribution in [0, 0.1) is 5.92 Å². The summed E-state index contributed by atoms with van der Waals surface area (Å²) in [5.74, 6) is 0.454. The van der Waals surface area contributed by atoms with Crippen LogP contribution in [-0.4, -0.2) is 10.5 Å². The van der Waals surface area contributed by atoms with E-state index < -0.39 is 0 Å². The number of aromatic nitrogens is 1. The van der Waals surface area contributed by atoms with Crippen LogP contribution in [0.25, 0.3) is 0 Å². The number of allylic oxidation sites excluding steroid dienone is 2. The molecule has 0 aliphatic carbocycles. The quantitative estimate of drug-likeness (QED) is 0.637. The Hall–Kier alpha value is -1.31. The van der Waals surface area contributed by atoms with E-state index in [0.29, 0.717) is 5.92 Å². The smallest absolute Gasteiger partial charge is 0.254 e. The summed E-state index contributed by atoms with van der Waals surface area (Å²) in [6.45, 7) is 6.13. The first-order valence-electron chi connectivity index (χ1n) is 4.46. The summed E-state index contributed by atoms with van der Waals surface area (Å²) in [5, 5.41) is 0. The molecule has 0 fully saturated rings. The van der Waals surface area contributed by atoms with E-state index in [1.54, 1.807) is 23.0 Å².